The highest BCUT2D eigenvalue weighted by Crippen LogP contribution is 2.33. The first-order valence-electron chi connectivity index (χ1n) is 8.85. The van der Waals surface area contributed by atoms with Crippen LogP contribution < -0.4 is 4.74 Å². The maximum atomic E-state index is 12.3. The molecule has 134 valence electrons. The Morgan fingerprint density at radius 3 is 2.42 bits per heavy atom. The first kappa shape index (κ1) is 19.2. The van der Waals surface area contributed by atoms with Gasteiger partial charge in [0.1, 0.15) is 5.75 Å². The Bertz CT molecular complexity index is 497. The first-order valence-corrected chi connectivity index (χ1v) is 9.73. The number of alkyl halides is 2. The maximum absolute atomic E-state index is 12.3. The lowest BCUT2D eigenvalue weighted by atomic mass is 9.80. The number of benzene rings is 1. The summed E-state index contributed by atoms with van der Waals surface area (Å²) >= 11 is 0.488. The van der Waals surface area contributed by atoms with Crippen LogP contribution in [0.1, 0.15) is 58.3 Å². The minimum absolute atomic E-state index is 0.0254. The summed E-state index contributed by atoms with van der Waals surface area (Å²) in [5.74, 6) is -1.46. The zero-order valence-electron chi connectivity index (χ0n) is 14.2. The number of hydrogen-bond acceptors (Lipinski definition) is 3. The summed E-state index contributed by atoms with van der Waals surface area (Å²) < 4.78 is 30.0. The summed E-state index contributed by atoms with van der Waals surface area (Å²) in [5.41, 5.74) is 0. The Hall–Kier alpha value is -1.10. The molecule has 0 aromatic heterocycles. The maximum Gasteiger partial charge on any atom is 0.314 e. The Kier molecular flexibility index (Phi) is 8.03. The normalized spacial score (nSPS) is 21.0. The highest BCUT2D eigenvalue weighted by molar-refractivity contribution is 7.99. The SMILES string of the molecule is CCCCCC1CCC(C(=O)Oc2ccc(SC(F)F)cc2)CC1. The molecule has 1 aliphatic carbocycles. The van der Waals surface area contributed by atoms with Gasteiger partial charge in [-0.05, 0) is 55.9 Å². The van der Waals surface area contributed by atoms with Crippen LogP contribution in [0.5, 0.6) is 5.75 Å². The van der Waals surface area contributed by atoms with Crippen LogP contribution in [0.25, 0.3) is 0 Å². The van der Waals surface area contributed by atoms with E-state index in [2.05, 4.69) is 6.92 Å². The van der Waals surface area contributed by atoms with Gasteiger partial charge in [-0.2, -0.15) is 8.78 Å². The molecular weight excluding hydrogens is 330 g/mol. The van der Waals surface area contributed by atoms with Crippen LogP contribution in [-0.2, 0) is 4.79 Å². The lowest BCUT2D eigenvalue weighted by molar-refractivity contribution is -0.140. The van der Waals surface area contributed by atoms with Gasteiger partial charge in [0.05, 0.1) is 5.92 Å². The second kappa shape index (κ2) is 10.0. The van der Waals surface area contributed by atoms with Crippen LogP contribution in [-0.4, -0.2) is 11.7 Å². The third-order valence-corrected chi connectivity index (χ3v) is 5.39. The van der Waals surface area contributed by atoms with E-state index in [9.17, 15) is 13.6 Å². The highest BCUT2D eigenvalue weighted by atomic mass is 32.2. The topological polar surface area (TPSA) is 26.3 Å². The second-order valence-corrected chi connectivity index (χ2v) is 7.55. The molecule has 0 spiro atoms. The fraction of sp³-hybridized carbons (Fsp3) is 0.632. The molecule has 2 nitrogen and oxygen atoms in total. The number of ether oxygens (including phenoxy) is 1. The average molecular weight is 356 g/mol. The number of carbonyl (C=O) groups excluding carboxylic acids is 1. The molecule has 1 saturated carbocycles. The van der Waals surface area contributed by atoms with Crippen LogP contribution in [0, 0.1) is 11.8 Å². The molecule has 24 heavy (non-hydrogen) atoms. The number of halogens is 2. The summed E-state index contributed by atoms with van der Waals surface area (Å²) in [7, 11) is 0. The second-order valence-electron chi connectivity index (χ2n) is 6.48. The van der Waals surface area contributed by atoms with Gasteiger partial charge in [-0.3, -0.25) is 4.79 Å². The van der Waals surface area contributed by atoms with Crippen molar-refractivity contribution in [2.45, 2.75) is 68.9 Å². The highest BCUT2D eigenvalue weighted by Gasteiger charge is 2.27. The predicted octanol–water partition coefficient (Wildman–Crippen LogP) is 6.29. The van der Waals surface area contributed by atoms with E-state index in [0.717, 1.165) is 31.6 Å². The van der Waals surface area contributed by atoms with Crippen molar-refractivity contribution in [3.05, 3.63) is 24.3 Å². The van der Waals surface area contributed by atoms with E-state index in [1.807, 2.05) is 0 Å². The molecule has 0 saturated heterocycles. The van der Waals surface area contributed by atoms with Gasteiger partial charge < -0.3 is 4.74 Å². The van der Waals surface area contributed by atoms with Crippen molar-refractivity contribution in [2.75, 3.05) is 0 Å². The van der Waals surface area contributed by atoms with Crippen molar-refractivity contribution in [3.8, 4) is 5.75 Å². The molecule has 0 N–H and O–H groups in total. The first-order chi connectivity index (χ1) is 11.6. The summed E-state index contributed by atoms with van der Waals surface area (Å²) in [4.78, 5) is 12.7. The van der Waals surface area contributed by atoms with E-state index < -0.39 is 5.76 Å². The predicted molar refractivity (Wildman–Crippen MR) is 93.5 cm³/mol. The van der Waals surface area contributed by atoms with Gasteiger partial charge in [-0.25, -0.2) is 0 Å². The third-order valence-electron chi connectivity index (χ3n) is 4.66. The third kappa shape index (κ3) is 6.42. The fourth-order valence-electron chi connectivity index (χ4n) is 3.26. The van der Waals surface area contributed by atoms with Gasteiger partial charge in [-0.15, -0.1) is 0 Å². The Balaban J connectivity index is 1.75. The van der Waals surface area contributed by atoms with E-state index in [1.165, 1.54) is 25.7 Å². The number of rotatable bonds is 8. The lowest BCUT2D eigenvalue weighted by Crippen LogP contribution is -2.25. The standard InChI is InChI=1S/C19H26F2O2S/c1-2-3-4-5-14-6-8-15(9-7-14)18(22)23-16-10-12-17(13-11-16)24-19(20)21/h10-15,19H,2-9H2,1H3. The largest absolute Gasteiger partial charge is 0.426 e. The molecule has 5 heteroatoms. The fourth-order valence-corrected chi connectivity index (χ4v) is 3.76. The summed E-state index contributed by atoms with van der Waals surface area (Å²) in [5, 5.41) is 0. The van der Waals surface area contributed by atoms with Crippen molar-refractivity contribution in [2.24, 2.45) is 11.8 Å². The number of unbranched alkanes of at least 4 members (excludes halogenated alkanes) is 2. The van der Waals surface area contributed by atoms with Crippen molar-refractivity contribution >= 4 is 17.7 Å². The number of hydrogen-bond donors (Lipinski definition) is 0. The van der Waals surface area contributed by atoms with E-state index >= 15 is 0 Å². The molecule has 0 heterocycles. The zero-order valence-corrected chi connectivity index (χ0v) is 15.0. The molecule has 0 bridgehead atoms. The van der Waals surface area contributed by atoms with E-state index in [4.69, 9.17) is 4.74 Å². The van der Waals surface area contributed by atoms with Crippen molar-refractivity contribution in [1.82, 2.24) is 0 Å². The van der Waals surface area contributed by atoms with Crippen LogP contribution in [0.4, 0.5) is 8.78 Å². The van der Waals surface area contributed by atoms with Gasteiger partial charge in [-0.1, -0.05) is 44.4 Å². The molecule has 1 aromatic rings. The molecule has 0 radical (unpaired) electrons. The minimum atomic E-state index is -2.44. The van der Waals surface area contributed by atoms with Gasteiger partial charge in [0.2, 0.25) is 0 Å². The quantitative estimate of drug-likeness (QED) is 0.237. The van der Waals surface area contributed by atoms with Gasteiger partial charge in [0.25, 0.3) is 5.76 Å². The van der Waals surface area contributed by atoms with Crippen LogP contribution in [0.2, 0.25) is 0 Å². The Morgan fingerprint density at radius 2 is 1.83 bits per heavy atom. The van der Waals surface area contributed by atoms with E-state index in [0.29, 0.717) is 22.4 Å². The number of thioether (sulfide) groups is 1. The number of esters is 1. The lowest BCUT2D eigenvalue weighted by Gasteiger charge is -2.27. The van der Waals surface area contributed by atoms with Crippen molar-refractivity contribution < 1.29 is 18.3 Å². The van der Waals surface area contributed by atoms with Crippen LogP contribution >= 0.6 is 11.8 Å². The van der Waals surface area contributed by atoms with Crippen LogP contribution in [0.3, 0.4) is 0 Å². The molecule has 0 atom stereocenters. The van der Waals surface area contributed by atoms with Crippen molar-refractivity contribution in [1.29, 1.82) is 0 Å². The molecule has 1 fully saturated rings. The van der Waals surface area contributed by atoms with E-state index in [1.54, 1.807) is 24.3 Å². The average Bonchev–Trinajstić information content (AvgIpc) is 2.57. The summed E-state index contributed by atoms with van der Waals surface area (Å²) in [6, 6.07) is 6.28. The molecular formula is C19H26F2O2S. The van der Waals surface area contributed by atoms with Gasteiger partial charge in [0.15, 0.2) is 0 Å². The molecule has 1 aliphatic rings. The Morgan fingerprint density at radius 1 is 1.17 bits per heavy atom. The summed E-state index contributed by atoms with van der Waals surface area (Å²) in [6.45, 7) is 2.21. The van der Waals surface area contributed by atoms with Crippen molar-refractivity contribution in [3.63, 3.8) is 0 Å². The van der Waals surface area contributed by atoms with Gasteiger partial charge >= 0.3 is 5.97 Å². The molecule has 0 unspecified atom stereocenters. The number of carbonyl (C=O) groups is 1. The Labute approximate surface area is 147 Å². The molecule has 2 rings (SSSR count). The summed E-state index contributed by atoms with van der Waals surface area (Å²) in [6.07, 6.45) is 9.11. The molecule has 0 amide bonds. The zero-order chi connectivity index (χ0) is 17.4. The minimum Gasteiger partial charge on any atom is -0.426 e. The van der Waals surface area contributed by atoms with Crippen LogP contribution in [0.15, 0.2) is 29.2 Å². The van der Waals surface area contributed by atoms with E-state index in [-0.39, 0.29) is 11.9 Å². The smallest absolute Gasteiger partial charge is 0.314 e. The molecule has 0 aliphatic heterocycles. The monoisotopic (exact) mass is 356 g/mol. The molecule has 1 aromatic carbocycles. The van der Waals surface area contributed by atoms with Gasteiger partial charge in [0, 0.05) is 4.90 Å².